The van der Waals surface area contributed by atoms with E-state index in [0.29, 0.717) is 19.6 Å². The Kier molecular flexibility index (Phi) is 2.84. The number of hydrogen-bond donors (Lipinski definition) is 2. The Morgan fingerprint density at radius 3 is 3.00 bits per heavy atom. The SMILES string of the molecule is CCOC(=O)C1NCCC1O. The molecule has 0 amide bonds. The Morgan fingerprint density at radius 2 is 2.55 bits per heavy atom. The van der Waals surface area contributed by atoms with Crippen LogP contribution >= 0.6 is 0 Å². The van der Waals surface area contributed by atoms with Crippen molar-refractivity contribution in [3.63, 3.8) is 0 Å². The number of aliphatic hydroxyl groups is 1. The second kappa shape index (κ2) is 3.69. The third-order valence-corrected chi connectivity index (χ3v) is 1.73. The second-order valence-electron chi connectivity index (χ2n) is 2.54. The van der Waals surface area contributed by atoms with Crippen molar-refractivity contribution in [2.24, 2.45) is 0 Å². The summed E-state index contributed by atoms with van der Waals surface area (Å²) in [7, 11) is 0. The molecule has 0 aliphatic carbocycles. The molecule has 4 heteroatoms. The van der Waals surface area contributed by atoms with Crippen molar-refractivity contribution in [3.05, 3.63) is 0 Å². The minimum Gasteiger partial charge on any atom is -0.465 e. The van der Waals surface area contributed by atoms with Gasteiger partial charge < -0.3 is 15.2 Å². The van der Waals surface area contributed by atoms with Gasteiger partial charge >= 0.3 is 5.97 Å². The zero-order valence-corrected chi connectivity index (χ0v) is 6.54. The molecule has 2 N–H and O–H groups in total. The molecule has 2 atom stereocenters. The number of carbonyl (C=O) groups is 1. The topological polar surface area (TPSA) is 58.6 Å². The zero-order valence-electron chi connectivity index (χ0n) is 6.54. The van der Waals surface area contributed by atoms with E-state index in [9.17, 15) is 9.90 Å². The van der Waals surface area contributed by atoms with Gasteiger partial charge in [-0.2, -0.15) is 0 Å². The summed E-state index contributed by atoms with van der Waals surface area (Å²) >= 11 is 0. The maximum atomic E-state index is 11.0. The van der Waals surface area contributed by atoms with Crippen LogP contribution in [0.25, 0.3) is 0 Å². The second-order valence-corrected chi connectivity index (χ2v) is 2.54. The van der Waals surface area contributed by atoms with Crippen LogP contribution in [0.2, 0.25) is 0 Å². The average molecular weight is 159 g/mol. The fourth-order valence-electron chi connectivity index (χ4n) is 1.16. The fraction of sp³-hybridized carbons (Fsp3) is 0.857. The summed E-state index contributed by atoms with van der Waals surface area (Å²) in [6.07, 6.45) is 0.0535. The maximum absolute atomic E-state index is 11.0. The summed E-state index contributed by atoms with van der Waals surface area (Å²) in [4.78, 5) is 11.0. The van der Waals surface area contributed by atoms with Gasteiger partial charge in [0, 0.05) is 0 Å². The number of carbonyl (C=O) groups excluding carboxylic acids is 1. The molecule has 0 aromatic carbocycles. The van der Waals surface area contributed by atoms with Gasteiger partial charge in [-0.3, -0.25) is 4.79 Å². The summed E-state index contributed by atoms with van der Waals surface area (Å²) in [5, 5.41) is 12.1. The number of ether oxygens (including phenoxy) is 1. The van der Waals surface area contributed by atoms with Gasteiger partial charge in [0.1, 0.15) is 6.04 Å². The van der Waals surface area contributed by atoms with Crippen molar-refractivity contribution in [2.75, 3.05) is 13.2 Å². The molecule has 0 aromatic heterocycles. The highest BCUT2D eigenvalue weighted by Crippen LogP contribution is 2.07. The lowest BCUT2D eigenvalue weighted by molar-refractivity contribution is -0.147. The first-order chi connectivity index (χ1) is 5.25. The molecule has 1 heterocycles. The molecule has 1 aliphatic heterocycles. The van der Waals surface area contributed by atoms with Crippen LogP contribution in [0.3, 0.4) is 0 Å². The number of aliphatic hydroxyl groups excluding tert-OH is 1. The highest BCUT2D eigenvalue weighted by molar-refractivity contribution is 5.76. The monoisotopic (exact) mass is 159 g/mol. The van der Waals surface area contributed by atoms with Gasteiger partial charge in [-0.15, -0.1) is 0 Å². The first-order valence-corrected chi connectivity index (χ1v) is 3.83. The van der Waals surface area contributed by atoms with Gasteiger partial charge in [-0.25, -0.2) is 0 Å². The smallest absolute Gasteiger partial charge is 0.325 e. The first kappa shape index (κ1) is 8.49. The van der Waals surface area contributed by atoms with E-state index in [1.807, 2.05) is 0 Å². The standard InChI is InChI=1S/C7H13NO3/c1-2-11-7(10)6-5(9)3-4-8-6/h5-6,8-9H,2-4H2,1H3. The van der Waals surface area contributed by atoms with Crippen LogP contribution < -0.4 is 5.32 Å². The fourth-order valence-corrected chi connectivity index (χ4v) is 1.16. The van der Waals surface area contributed by atoms with Crippen LogP contribution in [0, 0.1) is 0 Å². The molecule has 0 saturated carbocycles. The first-order valence-electron chi connectivity index (χ1n) is 3.83. The van der Waals surface area contributed by atoms with Crippen molar-refractivity contribution in [1.29, 1.82) is 0 Å². The molecule has 0 radical (unpaired) electrons. The molecular formula is C7H13NO3. The molecule has 11 heavy (non-hydrogen) atoms. The Bertz CT molecular complexity index is 149. The van der Waals surface area contributed by atoms with Crippen LogP contribution in [0.15, 0.2) is 0 Å². The van der Waals surface area contributed by atoms with Crippen LogP contribution in [0.5, 0.6) is 0 Å². The summed E-state index contributed by atoms with van der Waals surface area (Å²) in [5.41, 5.74) is 0. The van der Waals surface area contributed by atoms with Crippen LogP contribution in [-0.2, 0) is 9.53 Å². The largest absolute Gasteiger partial charge is 0.465 e. The van der Waals surface area contributed by atoms with Gasteiger partial charge in [0.15, 0.2) is 0 Å². The lowest BCUT2D eigenvalue weighted by atomic mass is 10.2. The predicted molar refractivity (Wildman–Crippen MR) is 39.0 cm³/mol. The quantitative estimate of drug-likeness (QED) is 0.522. The van der Waals surface area contributed by atoms with Crippen molar-refractivity contribution >= 4 is 5.97 Å². The van der Waals surface area contributed by atoms with Crippen molar-refractivity contribution in [3.8, 4) is 0 Å². The van der Waals surface area contributed by atoms with Gasteiger partial charge in [0.25, 0.3) is 0 Å². The third kappa shape index (κ3) is 1.91. The number of nitrogens with one attached hydrogen (secondary N) is 1. The third-order valence-electron chi connectivity index (χ3n) is 1.73. The molecule has 0 spiro atoms. The van der Waals surface area contributed by atoms with Crippen LogP contribution in [0.1, 0.15) is 13.3 Å². The molecule has 2 unspecified atom stereocenters. The van der Waals surface area contributed by atoms with Crippen LogP contribution in [0.4, 0.5) is 0 Å². The van der Waals surface area contributed by atoms with E-state index in [4.69, 9.17) is 4.74 Å². The minimum atomic E-state index is -0.575. The van der Waals surface area contributed by atoms with Crippen LogP contribution in [-0.4, -0.2) is 36.4 Å². The van der Waals surface area contributed by atoms with E-state index in [0.717, 1.165) is 0 Å². The Morgan fingerprint density at radius 1 is 1.82 bits per heavy atom. The summed E-state index contributed by atoms with van der Waals surface area (Å²) < 4.78 is 4.73. The van der Waals surface area contributed by atoms with Gasteiger partial charge in [-0.05, 0) is 19.9 Å². The van der Waals surface area contributed by atoms with Crippen molar-refractivity contribution < 1.29 is 14.6 Å². The molecule has 1 aliphatic rings. The average Bonchev–Trinajstić information content (AvgIpc) is 2.36. The predicted octanol–water partition coefficient (Wildman–Crippen LogP) is -0.728. The molecule has 1 fully saturated rings. The summed E-state index contributed by atoms with van der Waals surface area (Å²) in [5.74, 6) is -0.350. The van der Waals surface area contributed by atoms with E-state index in [2.05, 4.69) is 5.32 Å². The molecule has 64 valence electrons. The molecule has 1 rings (SSSR count). The zero-order chi connectivity index (χ0) is 8.27. The van der Waals surface area contributed by atoms with Crippen molar-refractivity contribution in [1.82, 2.24) is 5.32 Å². The van der Waals surface area contributed by atoms with Gasteiger partial charge in [-0.1, -0.05) is 0 Å². The number of esters is 1. The van der Waals surface area contributed by atoms with E-state index < -0.39 is 12.1 Å². The van der Waals surface area contributed by atoms with Crippen molar-refractivity contribution in [2.45, 2.75) is 25.5 Å². The van der Waals surface area contributed by atoms with E-state index in [-0.39, 0.29) is 5.97 Å². The lowest BCUT2D eigenvalue weighted by Crippen LogP contribution is -2.39. The van der Waals surface area contributed by atoms with Gasteiger partial charge in [0.2, 0.25) is 0 Å². The molecule has 1 saturated heterocycles. The normalized spacial score (nSPS) is 30.4. The van der Waals surface area contributed by atoms with E-state index in [1.54, 1.807) is 6.92 Å². The summed E-state index contributed by atoms with van der Waals surface area (Å²) in [6.45, 7) is 2.80. The van der Waals surface area contributed by atoms with E-state index in [1.165, 1.54) is 0 Å². The van der Waals surface area contributed by atoms with Gasteiger partial charge in [0.05, 0.1) is 12.7 Å². The minimum absolute atomic E-state index is 0.350. The Labute approximate surface area is 65.5 Å². The highest BCUT2D eigenvalue weighted by atomic mass is 16.5. The molecular weight excluding hydrogens is 146 g/mol. The molecule has 0 bridgehead atoms. The van der Waals surface area contributed by atoms with E-state index >= 15 is 0 Å². The molecule has 0 aromatic rings. The number of hydrogen-bond acceptors (Lipinski definition) is 4. The Hall–Kier alpha value is -0.610. The molecule has 4 nitrogen and oxygen atoms in total. The highest BCUT2D eigenvalue weighted by Gasteiger charge is 2.31. The maximum Gasteiger partial charge on any atom is 0.325 e. The number of rotatable bonds is 2. The summed E-state index contributed by atoms with van der Waals surface area (Å²) in [6, 6.07) is -0.505. The lowest BCUT2D eigenvalue weighted by Gasteiger charge is -2.12. The Balaban J connectivity index is 2.39.